The van der Waals surface area contributed by atoms with Gasteiger partial charge in [0.05, 0.1) is 0 Å². The second-order valence-electron chi connectivity index (χ2n) is 21.3. The van der Waals surface area contributed by atoms with Gasteiger partial charge in [0.1, 0.15) is 0 Å². The van der Waals surface area contributed by atoms with E-state index in [2.05, 4.69) is 16.0 Å². The molecule has 0 saturated heterocycles. The normalized spacial score (nSPS) is 16.7. The number of rotatable bonds is 38. The van der Waals surface area contributed by atoms with Crippen LogP contribution in [0.15, 0.2) is 0 Å². The van der Waals surface area contributed by atoms with Crippen LogP contribution in [0.1, 0.15) is 238 Å². The summed E-state index contributed by atoms with van der Waals surface area (Å²) in [5.41, 5.74) is 2.59. The van der Waals surface area contributed by atoms with Crippen LogP contribution in [0, 0.1) is 0 Å². The standard InChI is InChI=1S/C53H100ClN6O8P.ClH/c1-46(61)58(66)42-24-12-22-40-56-50(62)35-37-53(65)60(68)44-26-13-23-41-57-51(63)34-36-52(64)59(67)43-25-11-21-39-55-38-20-6-4-2-3-5-7-27-45-69(54,47-28-14-8-15-29-47,48-30-16-9-17-31-48)49-32-18-10-19-33-49;/h47-49,55,66-68H,2-45H2,1H3,(H,56,62)(H,57,63);1H. The van der Waals surface area contributed by atoms with Gasteiger partial charge in [0.15, 0.2) is 0 Å². The largest absolute Gasteiger partial charge is 1.00 e. The van der Waals surface area contributed by atoms with Crippen molar-refractivity contribution in [3.63, 3.8) is 0 Å². The van der Waals surface area contributed by atoms with E-state index < -0.39 is 23.7 Å². The molecule has 0 bridgehead atoms. The van der Waals surface area contributed by atoms with Gasteiger partial charge in [-0.15, -0.1) is 0 Å². The Hall–Kier alpha value is -1.80. The summed E-state index contributed by atoms with van der Waals surface area (Å²) in [5.74, 6) is -4.30. The summed E-state index contributed by atoms with van der Waals surface area (Å²) in [6, 6.07) is 0. The molecular formula is C53H101Cl2N6O8P. The Bertz CT molecular complexity index is 1400. The fourth-order valence-corrected chi connectivity index (χ4v) is 22.4. The number of hydrogen-bond donors (Lipinski definition) is 6. The van der Waals surface area contributed by atoms with E-state index in [1.807, 2.05) is 0 Å². The number of nitrogens with one attached hydrogen (secondary N) is 2. The number of amides is 5. The maximum Gasteiger partial charge on any atom is -1.00 e. The number of quaternary nitrogens is 1. The van der Waals surface area contributed by atoms with Crippen molar-refractivity contribution < 1.29 is 57.3 Å². The van der Waals surface area contributed by atoms with Gasteiger partial charge >= 0.3 is 206 Å². The van der Waals surface area contributed by atoms with Crippen molar-refractivity contribution in [3.05, 3.63) is 0 Å². The minimum Gasteiger partial charge on any atom is -1.00 e. The second-order valence-corrected chi connectivity index (χ2v) is 29.2. The Morgan fingerprint density at radius 1 is 0.471 bits per heavy atom. The molecule has 3 aliphatic rings. The fraction of sp³-hybridized carbons (Fsp3) is 0.906. The quantitative estimate of drug-likeness (QED) is 0.0160. The van der Waals surface area contributed by atoms with Crippen molar-refractivity contribution in [3.8, 4) is 0 Å². The Labute approximate surface area is 435 Å². The SMILES string of the molecule is CC(=O)N(O)CCCCCNC(=O)CCC(=O)N(O)CCCCCNC(=O)CCC(=O)N(O)CCCCC[NH2+]CCCCCCCCCCP(Cl)(C1CCCCC1)(C1CCCCC1)C1CCCCC1.[Cl-]. The number of nitrogens with two attached hydrogens (primary N) is 1. The van der Waals surface area contributed by atoms with Crippen LogP contribution in [-0.2, 0) is 24.0 Å². The number of halogens is 2. The number of unbranched alkanes of at least 4 members (excludes halogenated alkanes) is 13. The van der Waals surface area contributed by atoms with E-state index in [1.54, 1.807) is 0 Å². The van der Waals surface area contributed by atoms with Crippen LogP contribution in [0.2, 0.25) is 0 Å². The Morgan fingerprint density at radius 2 is 0.800 bits per heavy atom. The third kappa shape index (κ3) is 24.5. The molecule has 17 heteroatoms. The van der Waals surface area contributed by atoms with E-state index in [0.29, 0.717) is 55.3 Å². The van der Waals surface area contributed by atoms with E-state index in [-0.39, 0.29) is 69.5 Å². The Balaban J connectivity index is 0.0000168. The van der Waals surface area contributed by atoms with Crippen molar-refractivity contribution in [2.24, 2.45) is 0 Å². The molecule has 0 radical (unpaired) electrons. The summed E-state index contributed by atoms with van der Waals surface area (Å²) >= 11 is 8.66. The van der Waals surface area contributed by atoms with E-state index in [9.17, 15) is 39.6 Å². The summed E-state index contributed by atoms with van der Waals surface area (Å²) in [4.78, 5) is 59.7. The molecule has 0 aromatic heterocycles. The number of carbonyl (C=O) groups is 5. The Kier molecular flexibility index (Phi) is 34.8. The van der Waals surface area contributed by atoms with Crippen LogP contribution in [0.25, 0.3) is 0 Å². The molecule has 0 unspecified atom stereocenters. The van der Waals surface area contributed by atoms with Gasteiger partial charge in [-0.3, -0.25) is 39.6 Å². The predicted molar refractivity (Wildman–Crippen MR) is 279 cm³/mol. The molecule has 0 aromatic rings. The molecule has 7 N–H and O–H groups in total. The summed E-state index contributed by atoms with van der Waals surface area (Å²) in [6.45, 7) is 4.95. The molecule has 0 heterocycles. The van der Waals surface area contributed by atoms with E-state index in [0.717, 1.165) is 60.8 Å². The van der Waals surface area contributed by atoms with Crippen LogP contribution in [-0.4, -0.2) is 129 Å². The summed E-state index contributed by atoms with van der Waals surface area (Å²) < 4.78 is 0. The Morgan fingerprint density at radius 3 is 1.19 bits per heavy atom. The number of carbonyl (C=O) groups excluding carboxylic acids is 5. The van der Waals surface area contributed by atoms with Crippen molar-refractivity contribution in [2.45, 2.75) is 255 Å². The van der Waals surface area contributed by atoms with Crippen molar-refractivity contribution in [2.75, 3.05) is 52.0 Å². The van der Waals surface area contributed by atoms with Gasteiger partial charge < -0.3 is 23.0 Å². The van der Waals surface area contributed by atoms with Gasteiger partial charge in [0.25, 0.3) is 0 Å². The van der Waals surface area contributed by atoms with E-state index >= 15 is 0 Å². The second kappa shape index (κ2) is 37.9. The van der Waals surface area contributed by atoms with Gasteiger partial charge in [0.2, 0.25) is 29.5 Å². The summed E-state index contributed by atoms with van der Waals surface area (Å²) in [6.07, 6.45) is 40.0. The van der Waals surface area contributed by atoms with Crippen molar-refractivity contribution in [1.29, 1.82) is 0 Å². The fourth-order valence-electron chi connectivity index (χ4n) is 12.0. The molecule has 3 saturated carbocycles. The molecule has 3 aliphatic carbocycles. The molecule has 0 atom stereocenters. The first-order valence-corrected chi connectivity index (χ1v) is 31.9. The zero-order valence-electron chi connectivity index (χ0n) is 43.8. The van der Waals surface area contributed by atoms with Crippen LogP contribution in [0.5, 0.6) is 0 Å². The number of hydroxylamine groups is 6. The zero-order valence-corrected chi connectivity index (χ0v) is 46.3. The predicted octanol–water partition coefficient (Wildman–Crippen LogP) is 7.36. The van der Waals surface area contributed by atoms with E-state index in [4.69, 9.17) is 11.2 Å². The molecule has 3 rings (SSSR count). The molecule has 3 fully saturated rings. The molecule has 70 heavy (non-hydrogen) atoms. The number of hydrogen-bond acceptors (Lipinski definition) is 8. The molecular weight excluding hydrogens is 950 g/mol. The average Bonchev–Trinajstić information content (AvgIpc) is 3.37. The van der Waals surface area contributed by atoms with E-state index in [1.165, 1.54) is 161 Å². The minimum atomic E-state index is -2.34. The van der Waals surface area contributed by atoms with Crippen LogP contribution < -0.4 is 28.4 Å². The van der Waals surface area contributed by atoms with Crippen molar-refractivity contribution in [1.82, 2.24) is 25.8 Å². The number of nitrogens with zero attached hydrogens (tertiary/aromatic N) is 3. The molecule has 410 valence electrons. The van der Waals surface area contributed by atoms with Crippen LogP contribution >= 0.6 is 17.2 Å². The minimum absolute atomic E-state index is 0. The van der Waals surface area contributed by atoms with Gasteiger partial charge in [-0.05, 0) is 57.8 Å². The maximum atomic E-state index is 12.4. The first kappa shape index (κ1) is 64.3. The smallest absolute Gasteiger partial charge is 1.00 e. The monoisotopic (exact) mass is 1050 g/mol. The molecule has 0 spiro atoms. The molecule has 0 aliphatic heterocycles. The first-order chi connectivity index (χ1) is 33.4. The van der Waals surface area contributed by atoms with Gasteiger partial charge in [-0.2, -0.15) is 0 Å². The molecule has 14 nitrogen and oxygen atoms in total. The molecule has 0 aromatic carbocycles. The van der Waals surface area contributed by atoms with Gasteiger partial charge in [-0.1, -0.05) is 0 Å². The molecule has 5 amide bonds. The maximum absolute atomic E-state index is 12.4. The summed E-state index contributed by atoms with van der Waals surface area (Å²) in [5, 5.41) is 39.5. The topological polar surface area (TPSA) is 196 Å². The van der Waals surface area contributed by atoms with Gasteiger partial charge in [0, 0.05) is 65.3 Å². The van der Waals surface area contributed by atoms with Crippen LogP contribution in [0.4, 0.5) is 0 Å². The zero-order chi connectivity index (χ0) is 50.0. The third-order valence-corrected chi connectivity index (χ3v) is 26.8. The van der Waals surface area contributed by atoms with Crippen LogP contribution in [0.3, 0.4) is 0 Å². The average molecular weight is 1050 g/mol. The third-order valence-electron chi connectivity index (χ3n) is 16.1. The van der Waals surface area contributed by atoms with Gasteiger partial charge in [-0.25, -0.2) is 15.2 Å². The first-order valence-electron chi connectivity index (χ1n) is 28.4. The summed E-state index contributed by atoms with van der Waals surface area (Å²) in [7, 11) is 0. The van der Waals surface area contributed by atoms with Crippen molar-refractivity contribution >= 4 is 46.7 Å².